The molecule has 3 heteroatoms. The van der Waals surface area contributed by atoms with Gasteiger partial charge in [-0.2, -0.15) is 0 Å². The molecule has 0 fully saturated rings. The van der Waals surface area contributed by atoms with E-state index in [9.17, 15) is 4.79 Å². The van der Waals surface area contributed by atoms with Crippen molar-refractivity contribution in [2.45, 2.75) is 26.2 Å². The molecule has 0 radical (unpaired) electrons. The molecule has 1 aliphatic rings. The zero-order chi connectivity index (χ0) is 37.0. The highest BCUT2D eigenvalue weighted by Gasteiger charge is 2.37. The highest BCUT2D eigenvalue weighted by atomic mass is 16.1. The van der Waals surface area contributed by atoms with Gasteiger partial charge in [-0.1, -0.05) is 135 Å². The number of fused-ring (bicyclic) bond motifs is 11. The van der Waals surface area contributed by atoms with Gasteiger partial charge in [-0.15, -0.1) is 0 Å². The first-order valence-corrected chi connectivity index (χ1v) is 19.0. The Bertz CT molecular complexity index is 3250. The van der Waals surface area contributed by atoms with Crippen molar-refractivity contribution in [2.75, 3.05) is 0 Å². The summed E-state index contributed by atoms with van der Waals surface area (Å²) in [5, 5.41) is 8.98. The molecule has 0 N–H and O–H groups in total. The van der Waals surface area contributed by atoms with E-state index >= 15 is 0 Å². The maximum Gasteiger partial charge on any atom is 0.197 e. The second kappa shape index (κ2) is 11.6. The summed E-state index contributed by atoms with van der Waals surface area (Å²) in [6.45, 7) is 6.84. The summed E-state index contributed by atoms with van der Waals surface area (Å²) in [6.07, 6.45) is 0. The average molecular weight is 705 g/mol. The Morgan fingerprint density at radius 2 is 0.964 bits per heavy atom. The first-order chi connectivity index (χ1) is 26.8. The smallest absolute Gasteiger partial charge is 0.197 e. The van der Waals surface area contributed by atoms with Gasteiger partial charge in [0.15, 0.2) is 5.43 Å². The lowest BCUT2D eigenvalue weighted by atomic mass is 9.81. The summed E-state index contributed by atoms with van der Waals surface area (Å²) in [5.41, 5.74) is 12.4. The van der Waals surface area contributed by atoms with E-state index < -0.39 is 0 Å². The van der Waals surface area contributed by atoms with E-state index in [-0.39, 0.29) is 10.8 Å². The number of benzene rings is 8. The molecule has 0 amide bonds. The fourth-order valence-corrected chi connectivity index (χ4v) is 9.27. The fourth-order valence-electron chi connectivity index (χ4n) is 9.27. The fraction of sp³-hybridized carbons (Fsp3) is 0.0769. The zero-order valence-electron chi connectivity index (χ0n) is 30.9. The van der Waals surface area contributed by atoms with Crippen molar-refractivity contribution in [3.8, 4) is 39.3 Å². The highest BCUT2D eigenvalue weighted by molar-refractivity contribution is 6.26. The molecule has 11 rings (SSSR count). The highest BCUT2D eigenvalue weighted by Crippen LogP contribution is 2.52. The molecule has 2 heterocycles. The molecule has 0 saturated heterocycles. The molecule has 0 saturated carbocycles. The molecule has 0 unspecified atom stereocenters. The summed E-state index contributed by atoms with van der Waals surface area (Å²) >= 11 is 0. The van der Waals surface area contributed by atoms with Crippen LogP contribution >= 0.6 is 0 Å². The van der Waals surface area contributed by atoms with Crippen LogP contribution < -0.4 is 5.43 Å². The summed E-state index contributed by atoms with van der Waals surface area (Å²) in [7, 11) is 0. The van der Waals surface area contributed by atoms with Gasteiger partial charge in [0.25, 0.3) is 0 Å². The van der Waals surface area contributed by atoms with E-state index in [2.05, 4.69) is 159 Å². The number of hydrogen-bond donors (Lipinski definition) is 0. The Hall–Kier alpha value is -6.84. The van der Waals surface area contributed by atoms with Crippen LogP contribution in [0.15, 0.2) is 169 Å². The minimum absolute atomic E-state index is 0.0455. The van der Waals surface area contributed by atoms with Gasteiger partial charge >= 0.3 is 0 Å². The number of rotatable bonds is 3. The first kappa shape index (κ1) is 31.7. The number of para-hydroxylation sites is 1. The second-order valence-electron chi connectivity index (χ2n) is 15.6. The van der Waals surface area contributed by atoms with Crippen molar-refractivity contribution in [1.82, 2.24) is 9.55 Å². The lowest BCUT2D eigenvalue weighted by Gasteiger charge is -2.24. The van der Waals surface area contributed by atoms with Gasteiger partial charge in [0.05, 0.1) is 28.1 Å². The number of aromatic nitrogens is 2. The molecule has 10 aromatic rings. The Labute approximate surface area is 318 Å². The van der Waals surface area contributed by atoms with Gasteiger partial charge in [-0.05, 0) is 110 Å². The van der Waals surface area contributed by atoms with Crippen molar-refractivity contribution in [3.05, 3.63) is 191 Å². The van der Waals surface area contributed by atoms with Crippen molar-refractivity contribution in [3.63, 3.8) is 0 Å². The first-order valence-electron chi connectivity index (χ1n) is 19.0. The van der Waals surface area contributed by atoms with Crippen LogP contribution in [-0.2, 0) is 5.41 Å². The molecule has 0 spiro atoms. The standard InChI is InChI=1S/C52H36N2O/c1-31-22-23-37-39(24-31)35-18-10-11-19-36(35)40-27-42-43-28-44-50(30-46(43)52(2,3)45(42)29-41(37)40)54(49-21-13-12-20-38(49)51(44)55)34-25-47(32-14-6-4-7-15-32)53-48(26-34)33-16-8-5-9-17-33/h4-30H,1-3H3. The minimum atomic E-state index is -0.315. The molecule has 1 aliphatic carbocycles. The van der Waals surface area contributed by atoms with E-state index in [1.165, 1.54) is 54.6 Å². The third-order valence-electron chi connectivity index (χ3n) is 12.0. The van der Waals surface area contributed by atoms with Crippen molar-refractivity contribution < 1.29 is 0 Å². The van der Waals surface area contributed by atoms with Gasteiger partial charge < -0.3 is 4.57 Å². The van der Waals surface area contributed by atoms with Crippen molar-refractivity contribution in [1.29, 1.82) is 0 Å². The Kier molecular flexibility index (Phi) is 6.67. The van der Waals surface area contributed by atoms with Crippen LogP contribution in [0, 0.1) is 6.92 Å². The van der Waals surface area contributed by atoms with Crippen molar-refractivity contribution in [2.24, 2.45) is 0 Å². The van der Waals surface area contributed by atoms with Gasteiger partial charge in [0.2, 0.25) is 0 Å². The lowest BCUT2D eigenvalue weighted by molar-refractivity contribution is 0.662. The van der Waals surface area contributed by atoms with Crippen LogP contribution in [0.3, 0.4) is 0 Å². The van der Waals surface area contributed by atoms with Crippen molar-refractivity contribution >= 4 is 54.1 Å². The van der Waals surface area contributed by atoms with Gasteiger partial charge in [0.1, 0.15) is 0 Å². The van der Waals surface area contributed by atoms with E-state index in [1.54, 1.807) is 0 Å². The van der Waals surface area contributed by atoms with Gasteiger partial charge in [-0.3, -0.25) is 4.79 Å². The van der Waals surface area contributed by atoms with Crippen LogP contribution in [-0.4, -0.2) is 9.55 Å². The molecule has 0 aliphatic heterocycles. The molecule has 260 valence electrons. The van der Waals surface area contributed by atoms with Gasteiger partial charge in [0, 0.05) is 27.3 Å². The van der Waals surface area contributed by atoms with E-state index in [0.717, 1.165) is 44.8 Å². The molecule has 8 aromatic carbocycles. The molecular formula is C52H36N2O. The third-order valence-corrected chi connectivity index (χ3v) is 12.0. The summed E-state index contributed by atoms with van der Waals surface area (Å²) in [5.74, 6) is 0. The summed E-state index contributed by atoms with van der Waals surface area (Å²) in [4.78, 5) is 19.8. The topological polar surface area (TPSA) is 34.9 Å². The number of nitrogens with zero attached hydrogens (tertiary/aromatic N) is 2. The average Bonchev–Trinajstić information content (AvgIpc) is 3.44. The molecular weight excluding hydrogens is 669 g/mol. The monoisotopic (exact) mass is 704 g/mol. The molecule has 0 bridgehead atoms. The predicted molar refractivity (Wildman–Crippen MR) is 231 cm³/mol. The molecule has 2 aromatic heterocycles. The molecule has 3 nitrogen and oxygen atoms in total. The number of pyridine rings is 2. The summed E-state index contributed by atoms with van der Waals surface area (Å²) in [6, 6.07) is 57.9. The second-order valence-corrected chi connectivity index (χ2v) is 15.6. The molecule has 0 atom stereocenters. The van der Waals surface area contributed by atoms with Crippen LogP contribution in [0.1, 0.15) is 30.5 Å². The largest absolute Gasteiger partial charge is 0.309 e. The minimum Gasteiger partial charge on any atom is -0.309 e. The maximum atomic E-state index is 14.7. The van der Waals surface area contributed by atoms with E-state index in [1.807, 2.05) is 30.3 Å². The quantitative estimate of drug-likeness (QED) is 0.136. The third kappa shape index (κ3) is 4.63. The van der Waals surface area contributed by atoms with Crippen LogP contribution in [0.5, 0.6) is 0 Å². The number of aryl methyl sites for hydroxylation is 1. The Balaban J connectivity index is 1.23. The molecule has 55 heavy (non-hydrogen) atoms. The SMILES string of the molecule is Cc1ccc2c(c1)c1ccccc1c1cc3c(cc21)C(C)(C)c1cc2c(cc1-3)c(=O)c1ccccc1n2-c1cc(-c2ccccc2)nc(-c2ccccc2)c1. The summed E-state index contributed by atoms with van der Waals surface area (Å²) < 4.78 is 2.28. The Morgan fingerprint density at radius 3 is 1.62 bits per heavy atom. The van der Waals surface area contributed by atoms with Gasteiger partial charge in [-0.25, -0.2) is 4.98 Å². The maximum absolute atomic E-state index is 14.7. The van der Waals surface area contributed by atoms with E-state index in [4.69, 9.17) is 4.98 Å². The number of hydrogen-bond acceptors (Lipinski definition) is 2. The Morgan fingerprint density at radius 1 is 0.455 bits per heavy atom. The van der Waals surface area contributed by atoms with Crippen LogP contribution in [0.25, 0.3) is 93.5 Å². The lowest BCUT2D eigenvalue weighted by Crippen LogP contribution is -2.16. The normalized spacial score (nSPS) is 13.2. The van der Waals surface area contributed by atoms with Crippen LogP contribution in [0.2, 0.25) is 0 Å². The zero-order valence-corrected chi connectivity index (χ0v) is 30.9. The predicted octanol–water partition coefficient (Wildman–Crippen LogP) is 12.9. The van der Waals surface area contributed by atoms with E-state index in [0.29, 0.717) is 10.8 Å². The van der Waals surface area contributed by atoms with Crippen LogP contribution in [0.4, 0.5) is 0 Å².